The van der Waals surface area contributed by atoms with Gasteiger partial charge in [-0.15, -0.1) is 0 Å². The summed E-state index contributed by atoms with van der Waals surface area (Å²) in [5.41, 5.74) is 4.59. The Hall–Kier alpha value is -1.38. The van der Waals surface area contributed by atoms with Crippen LogP contribution in [0.4, 0.5) is 0 Å². The number of aromatic nitrogens is 1. The maximum atomic E-state index is 6.27. The van der Waals surface area contributed by atoms with Crippen LogP contribution in [0.2, 0.25) is 5.02 Å². The van der Waals surface area contributed by atoms with E-state index in [0.717, 1.165) is 17.3 Å². The van der Waals surface area contributed by atoms with Crippen LogP contribution in [-0.4, -0.2) is 11.0 Å². The van der Waals surface area contributed by atoms with Gasteiger partial charge in [0, 0.05) is 29.5 Å². The molecule has 0 amide bonds. The summed E-state index contributed by atoms with van der Waals surface area (Å²) in [6, 6.07) is 11.1. The fourth-order valence-corrected chi connectivity index (χ4v) is 2.34. The topological polar surface area (TPSA) is 24.9 Å². The first kappa shape index (κ1) is 12.6. The number of nitrogens with zero attached hydrogens (tertiary/aromatic N) is 1. The van der Waals surface area contributed by atoms with Gasteiger partial charge in [0.15, 0.2) is 0 Å². The van der Waals surface area contributed by atoms with Crippen LogP contribution in [0.25, 0.3) is 11.1 Å². The molecule has 1 heterocycles. The lowest BCUT2D eigenvalue weighted by molar-refractivity contribution is 0.688. The molecule has 0 aliphatic heterocycles. The lowest BCUT2D eigenvalue weighted by Gasteiger charge is -2.09. The summed E-state index contributed by atoms with van der Waals surface area (Å²) in [7, 11) is 0. The molecule has 1 aromatic heterocycles. The molecule has 0 radical (unpaired) electrons. The van der Waals surface area contributed by atoms with Crippen molar-refractivity contribution < 1.29 is 0 Å². The smallest absolute Gasteiger partial charge is 0.0451 e. The second kappa shape index (κ2) is 5.32. The number of pyridine rings is 1. The predicted octanol–water partition coefficient (Wildman–Crippen LogP) is 3.96. The molecule has 3 rings (SSSR count). The van der Waals surface area contributed by atoms with E-state index in [9.17, 15) is 0 Å². The van der Waals surface area contributed by atoms with E-state index in [1.807, 2.05) is 25.3 Å². The van der Waals surface area contributed by atoms with Gasteiger partial charge in [-0.2, -0.15) is 0 Å². The van der Waals surface area contributed by atoms with Crippen molar-refractivity contribution >= 4 is 11.6 Å². The minimum Gasteiger partial charge on any atom is -0.310 e. The summed E-state index contributed by atoms with van der Waals surface area (Å²) < 4.78 is 0. The predicted molar refractivity (Wildman–Crippen MR) is 79.3 cm³/mol. The van der Waals surface area contributed by atoms with Gasteiger partial charge in [0.2, 0.25) is 0 Å². The zero-order valence-corrected chi connectivity index (χ0v) is 11.7. The van der Waals surface area contributed by atoms with Gasteiger partial charge in [0.1, 0.15) is 0 Å². The number of benzene rings is 1. The van der Waals surface area contributed by atoms with Crippen LogP contribution in [0.1, 0.15) is 24.1 Å². The third kappa shape index (κ3) is 3.14. The molecule has 1 aromatic carbocycles. The molecule has 0 spiro atoms. The average molecular weight is 273 g/mol. The Balaban J connectivity index is 1.87. The second-order valence-electron chi connectivity index (χ2n) is 5.15. The van der Waals surface area contributed by atoms with E-state index in [1.54, 1.807) is 0 Å². The number of rotatable bonds is 4. The first-order chi connectivity index (χ1) is 9.22. The Bertz CT molecular complexity index is 591. The van der Waals surface area contributed by atoms with Crippen LogP contribution < -0.4 is 5.32 Å². The monoisotopic (exact) mass is 272 g/mol. The van der Waals surface area contributed by atoms with Gasteiger partial charge in [-0.1, -0.05) is 17.7 Å². The molecule has 0 saturated heterocycles. The van der Waals surface area contributed by atoms with Gasteiger partial charge >= 0.3 is 0 Å². The largest absolute Gasteiger partial charge is 0.310 e. The van der Waals surface area contributed by atoms with Crippen molar-refractivity contribution in [3.05, 3.63) is 52.8 Å². The highest BCUT2D eigenvalue weighted by atomic mass is 35.5. The fourth-order valence-electron chi connectivity index (χ4n) is 2.16. The number of halogens is 1. The van der Waals surface area contributed by atoms with Crippen LogP contribution in [0.5, 0.6) is 0 Å². The van der Waals surface area contributed by atoms with Gasteiger partial charge in [-0.05, 0) is 60.7 Å². The van der Waals surface area contributed by atoms with Gasteiger partial charge in [0.05, 0.1) is 0 Å². The number of aryl methyl sites for hydroxylation is 1. The standard InChI is InChI=1S/C16H17ClN2/c1-11-8-13(6-7-18-11)12-2-5-16(17)14(9-12)10-19-15-3-4-15/h2,5-9,15,19H,3-4,10H2,1H3. The molecule has 98 valence electrons. The minimum atomic E-state index is 0.697. The van der Waals surface area contributed by atoms with Crippen molar-refractivity contribution in [1.82, 2.24) is 10.3 Å². The normalized spacial score (nSPS) is 14.6. The Labute approximate surface area is 118 Å². The molecule has 19 heavy (non-hydrogen) atoms. The molecule has 1 saturated carbocycles. The Morgan fingerprint density at radius 2 is 2.00 bits per heavy atom. The molecule has 0 bridgehead atoms. The lowest BCUT2D eigenvalue weighted by Crippen LogP contribution is -2.15. The zero-order chi connectivity index (χ0) is 13.2. The van der Waals surface area contributed by atoms with Crippen molar-refractivity contribution in [2.45, 2.75) is 32.4 Å². The highest BCUT2D eigenvalue weighted by Gasteiger charge is 2.20. The van der Waals surface area contributed by atoms with Crippen molar-refractivity contribution in [3.63, 3.8) is 0 Å². The molecular formula is C16H17ClN2. The SMILES string of the molecule is Cc1cc(-c2ccc(Cl)c(CNC3CC3)c2)ccn1. The minimum absolute atomic E-state index is 0.697. The van der Waals surface area contributed by atoms with E-state index in [0.29, 0.717) is 6.04 Å². The Morgan fingerprint density at radius 3 is 2.74 bits per heavy atom. The first-order valence-electron chi connectivity index (χ1n) is 6.67. The van der Waals surface area contributed by atoms with E-state index >= 15 is 0 Å². The van der Waals surface area contributed by atoms with E-state index in [2.05, 4.69) is 28.5 Å². The molecule has 0 unspecified atom stereocenters. The van der Waals surface area contributed by atoms with Gasteiger partial charge in [0.25, 0.3) is 0 Å². The zero-order valence-electron chi connectivity index (χ0n) is 11.0. The Morgan fingerprint density at radius 1 is 1.21 bits per heavy atom. The van der Waals surface area contributed by atoms with Crippen molar-refractivity contribution in [2.24, 2.45) is 0 Å². The number of hydrogen-bond donors (Lipinski definition) is 1. The molecule has 0 atom stereocenters. The van der Waals surface area contributed by atoms with E-state index < -0.39 is 0 Å². The van der Waals surface area contributed by atoms with Crippen LogP contribution in [0.3, 0.4) is 0 Å². The van der Waals surface area contributed by atoms with Crippen LogP contribution in [0.15, 0.2) is 36.5 Å². The van der Waals surface area contributed by atoms with E-state index in [1.165, 1.54) is 29.5 Å². The quantitative estimate of drug-likeness (QED) is 0.911. The second-order valence-corrected chi connectivity index (χ2v) is 5.55. The molecule has 2 nitrogen and oxygen atoms in total. The third-order valence-electron chi connectivity index (χ3n) is 3.43. The van der Waals surface area contributed by atoms with Gasteiger partial charge < -0.3 is 5.32 Å². The summed E-state index contributed by atoms with van der Waals surface area (Å²) >= 11 is 6.27. The Kier molecular flexibility index (Phi) is 3.54. The molecule has 1 aliphatic carbocycles. The van der Waals surface area contributed by atoms with E-state index in [-0.39, 0.29) is 0 Å². The van der Waals surface area contributed by atoms with E-state index in [4.69, 9.17) is 11.6 Å². The van der Waals surface area contributed by atoms with Crippen molar-refractivity contribution in [2.75, 3.05) is 0 Å². The molecule has 1 fully saturated rings. The van der Waals surface area contributed by atoms with Crippen molar-refractivity contribution in [1.29, 1.82) is 0 Å². The summed E-state index contributed by atoms with van der Waals surface area (Å²) in [6.07, 6.45) is 4.43. The number of nitrogens with one attached hydrogen (secondary N) is 1. The maximum absolute atomic E-state index is 6.27. The van der Waals surface area contributed by atoms with Crippen LogP contribution in [-0.2, 0) is 6.54 Å². The number of hydrogen-bond acceptors (Lipinski definition) is 2. The lowest BCUT2D eigenvalue weighted by atomic mass is 10.0. The summed E-state index contributed by atoms with van der Waals surface area (Å²) in [5.74, 6) is 0. The van der Waals surface area contributed by atoms with Gasteiger partial charge in [-0.25, -0.2) is 0 Å². The maximum Gasteiger partial charge on any atom is 0.0451 e. The first-order valence-corrected chi connectivity index (χ1v) is 7.05. The average Bonchev–Trinajstić information content (AvgIpc) is 3.22. The van der Waals surface area contributed by atoms with Crippen LogP contribution >= 0.6 is 11.6 Å². The van der Waals surface area contributed by atoms with Crippen molar-refractivity contribution in [3.8, 4) is 11.1 Å². The molecule has 1 N–H and O–H groups in total. The van der Waals surface area contributed by atoms with Gasteiger partial charge in [-0.3, -0.25) is 4.98 Å². The molecule has 3 heteroatoms. The third-order valence-corrected chi connectivity index (χ3v) is 3.80. The highest BCUT2D eigenvalue weighted by Crippen LogP contribution is 2.26. The molecular weight excluding hydrogens is 256 g/mol. The highest BCUT2D eigenvalue weighted by molar-refractivity contribution is 6.31. The summed E-state index contributed by atoms with van der Waals surface area (Å²) in [4.78, 5) is 4.23. The molecule has 2 aromatic rings. The van der Waals surface area contributed by atoms with Crippen LogP contribution in [0, 0.1) is 6.92 Å². The summed E-state index contributed by atoms with van der Waals surface area (Å²) in [5, 5.41) is 4.34. The molecule has 1 aliphatic rings. The fraction of sp³-hybridized carbons (Fsp3) is 0.312. The summed E-state index contributed by atoms with van der Waals surface area (Å²) in [6.45, 7) is 2.86.